The van der Waals surface area contributed by atoms with Gasteiger partial charge in [-0.25, -0.2) is 0 Å². The van der Waals surface area contributed by atoms with Gasteiger partial charge in [-0.15, -0.1) is 0 Å². The molecule has 14 heavy (non-hydrogen) atoms. The van der Waals surface area contributed by atoms with Crippen LogP contribution in [0, 0.1) is 6.92 Å². The highest BCUT2D eigenvalue weighted by Gasteiger charge is 2.03. The second kappa shape index (κ2) is 3.24. The lowest BCUT2D eigenvalue weighted by atomic mass is 10.1. The normalized spacial score (nSPS) is 10.8. The maximum atomic E-state index is 11.5. The van der Waals surface area contributed by atoms with Crippen LogP contribution >= 0.6 is 15.9 Å². The summed E-state index contributed by atoms with van der Waals surface area (Å²) in [5.74, 6) is 0. The van der Waals surface area contributed by atoms with Crippen molar-refractivity contribution in [2.45, 2.75) is 6.92 Å². The molecule has 0 atom stereocenters. The molecule has 72 valence electrons. The van der Waals surface area contributed by atoms with Gasteiger partial charge in [-0.2, -0.15) is 0 Å². The first kappa shape index (κ1) is 9.46. The van der Waals surface area contributed by atoms with Crippen molar-refractivity contribution in [3.63, 3.8) is 0 Å². The van der Waals surface area contributed by atoms with Crippen molar-refractivity contribution in [3.05, 3.63) is 44.7 Å². The lowest BCUT2D eigenvalue weighted by Gasteiger charge is -2.07. The Hall–Kier alpha value is -1.09. The number of rotatable bonds is 0. The molecule has 0 unspecified atom stereocenters. The van der Waals surface area contributed by atoms with Gasteiger partial charge in [0, 0.05) is 23.0 Å². The summed E-state index contributed by atoms with van der Waals surface area (Å²) >= 11 is 3.42. The van der Waals surface area contributed by atoms with E-state index in [0.29, 0.717) is 0 Å². The number of fused-ring (bicyclic) bond motifs is 1. The van der Waals surface area contributed by atoms with E-state index in [1.165, 1.54) is 0 Å². The second-order valence-corrected chi connectivity index (χ2v) is 4.30. The summed E-state index contributed by atoms with van der Waals surface area (Å²) in [4.78, 5) is 11.5. The molecule has 0 radical (unpaired) electrons. The van der Waals surface area contributed by atoms with Crippen LogP contribution in [0.3, 0.4) is 0 Å². The number of aromatic nitrogens is 1. The zero-order valence-corrected chi connectivity index (χ0v) is 9.63. The molecule has 0 saturated carbocycles. The fourth-order valence-corrected chi connectivity index (χ4v) is 1.96. The minimum atomic E-state index is 0.0392. The van der Waals surface area contributed by atoms with Crippen LogP contribution in [0.25, 0.3) is 10.9 Å². The molecule has 3 heteroatoms. The quantitative estimate of drug-likeness (QED) is 0.706. The van der Waals surface area contributed by atoms with Crippen molar-refractivity contribution in [3.8, 4) is 0 Å². The van der Waals surface area contributed by atoms with Gasteiger partial charge in [0.05, 0.1) is 5.52 Å². The van der Waals surface area contributed by atoms with Crippen LogP contribution in [0.5, 0.6) is 0 Å². The van der Waals surface area contributed by atoms with Crippen LogP contribution in [0.15, 0.2) is 33.5 Å². The number of aryl methyl sites for hydroxylation is 2. The third kappa shape index (κ3) is 1.38. The van der Waals surface area contributed by atoms with Gasteiger partial charge in [0.25, 0.3) is 5.56 Å². The number of hydrogen-bond donors (Lipinski definition) is 0. The van der Waals surface area contributed by atoms with E-state index < -0.39 is 0 Å². The molecule has 0 spiro atoms. The topological polar surface area (TPSA) is 22.0 Å². The number of nitrogens with zero attached hydrogens (tertiary/aromatic N) is 1. The summed E-state index contributed by atoms with van der Waals surface area (Å²) in [6.07, 6.45) is 0. The predicted octanol–water partition coefficient (Wildman–Crippen LogP) is 2.61. The maximum absolute atomic E-state index is 11.5. The van der Waals surface area contributed by atoms with E-state index in [0.717, 1.165) is 20.9 Å². The zero-order valence-electron chi connectivity index (χ0n) is 8.04. The SMILES string of the molecule is Cc1cc(=O)n(C)c2ccc(Br)cc12. The Morgan fingerprint density at radius 1 is 1.29 bits per heavy atom. The van der Waals surface area contributed by atoms with Crippen molar-refractivity contribution in [1.29, 1.82) is 0 Å². The van der Waals surface area contributed by atoms with Crippen molar-refractivity contribution < 1.29 is 0 Å². The smallest absolute Gasteiger partial charge is 0.251 e. The van der Waals surface area contributed by atoms with Crippen molar-refractivity contribution in [2.75, 3.05) is 0 Å². The number of benzene rings is 1. The van der Waals surface area contributed by atoms with Crippen LogP contribution in [0.1, 0.15) is 5.56 Å². The minimum absolute atomic E-state index is 0.0392. The van der Waals surface area contributed by atoms with E-state index >= 15 is 0 Å². The molecule has 0 aliphatic heterocycles. The Kier molecular flexibility index (Phi) is 2.19. The number of hydrogen-bond acceptors (Lipinski definition) is 1. The van der Waals surface area contributed by atoms with Gasteiger partial charge in [-0.3, -0.25) is 4.79 Å². The average Bonchev–Trinajstić information content (AvgIpc) is 2.14. The standard InChI is InChI=1S/C11H10BrNO/c1-7-5-11(14)13(2)10-4-3-8(12)6-9(7)10/h3-6H,1-2H3. The summed E-state index contributed by atoms with van der Waals surface area (Å²) in [5.41, 5.74) is 2.03. The Bertz CT molecular complexity index is 557. The van der Waals surface area contributed by atoms with Crippen LogP contribution in [-0.2, 0) is 7.05 Å². The van der Waals surface area contributed by atoms with Gasteiger partial charge in [0.2, 0.25) is 0 Å². The van der Waals surface area contributed by atoms with E-state index in [-0.39, 0.29) is 5.56 Å². The molecule has 0 aliphatic carbocycles. The van der Waals surface area contributed by atoms with Crippen molar-refractivity contribution >= 4 is 26.8 Å². The maximum Gasteiger partial charge on any atom is 0.251 e. The predicted molar refractivity (Wildman–Crippen MR) is 61.6 cm³/mol. The molecular formula is C11H10BrNO. The second-order valence-electron chi connectivity index (χ2n) is 3.39. The molecule has 0 saturated heterocycles. The van der Waals surface area contributed by atoms with E-state index in [1.807, 2.05) is 25.1 Å². The first-order valence-corrected chi connectivity index (χ1v) is 5.15. The molecule has 0 bridgehead atoms. The Labute approximate surface area is 90.3 Å². The molecule has 1 aromatic heterocycles. The van der Waals surface area contributed by atoms with Crippen molar-refractivity contribution in [2.24, 2.45) is 7.05 Å². The lowest BCUT2D eigenvalue weighted by Crippen LogP contribution is -2.16. The molecule has 2 nitrogen and oxygen atoms in total. The third-order valence-corrected chi connectivity index (χ3v) is 2.91. The highest BCUT2D eigenvalue weighted by molar-refractivity contribution is 9.10. The summed E-state index contributed by atoms with van der Waals surface area (Å²) in [6, 6.07) is 7.59. The molecule has 2 rings (SSSR count). The van der Waals surface area contributed by atoms with E-state index in [4.69, 9.17) is 0 Å². The summed E-state index contributed by atoms with van der Waals surface area (Å²) in [6.45, 7) is 1.95. The first-order chi connectivity index (χ1) is 6.59. The monoisotopic (exact) mass is 251 g/mol. The fraction of sp³-hybridized carbons (Fsp3) is 0.182. The van der Waals surface area contributed by atoms with Gasteiger partial charge in [0.15, 0.2) is 0 Å². The van der Waals surface area contributed by atoms with Crippen LogP contribution in [0.2, 0.25) is 0 Å². The highest BCUT2D eigenvalue weighted by atomic mass is 79.9. The van der Waals surface area contributed by atoms with Gasteiger partial charge in [0.1, 0.15) is 0 Å². The molecule has 0 aliphatic rings. The zero-order chi connectivity index (χ0) is 10.3. The van der Waals surface area contributed by atoms with E-state index in [1.54, 1.807) is 17.7 Å². The lowest BCUT2D eigenvalue weighted by molar-refractivity contribution is 0.903. The Morgan fingerprint density at radius 3 is 2.71 bits per heavy atom. The Morgan fingerprint density at radius 2 is 2.00 bits per heavy atom. The summed E-state index contributed by atoms with van der Waals surface area (Å²) in [7, 11) is 1.79. The number of halogens is 1. The summed E-state index contributed by atoms with van der Waals surface area (Å²) in [5, 5.41) is 1.11. The third-order valence-electron chi connectivity index (χ3n) is 2.42. The molecule has 0 N–H and O–H groups in total. The largest absolute Gasteiger partial charge is 0.311 e. The van der Waals surface area contributed by atoms with Crippen LogP contribution in [-0.4, -0.2) is 4.57 Å². The minimum Gasteiger partial charge on any atom is -0.311 e. The van der Waals surface area contributed by atoms with Crippen LogP contribution < -0.4 is 5.56 Å². The number of pyridine rings is 1. The van der Waals surface area contributed by atoms with Crippen LogP contribution in [0.4, 0.5) is 0 Å². The fourth-order valence-electron chi connectivity index (χ4n) is 1.60. The average molecular weight is 252 g/mol. The van der Waals surface area contributed by atoms with Gasteiger partial charge in [-0.05, 0) is 30.7 Å². The molecule has 1 aromatic carbocycles. The summed E-state index contributed by atoms with van der Waals surface area (Å²) < 4.78 is 2.70. The van der Waals surface area contributed by atoms with Gasteiger partial charge in [-0.1, -0.05) is 15.9 Å². The Balaban J connectivity index is 3.02. The van der Waals surface area contributed by atoms with E-state index in [2.05, 4.69) is 15.9 Å². The van der Waals surface area contributed by atoms with Crippen molar-refractivity contribution in [1.82, 2.24) is 4.57 Å². The molecule has 0 amide bonds. The molecule has 2 aromatic rings. The highest BCUT2D eigenvalue weighted by Crippen LogP contribution is 2.20. The van der Waals surface area contributed by atoms with Gasteiger partial charge >= 0.3 is 0 Å². The van der Waals surface area contributed by atoms with Gasteiger partial charge < -0.3 is 4.57 Å². The molecule has 1 heterocycles. The molecular weight excluding hydrogens is 242 g/mol. The first-order valence-electron chi connectivity index (χ1n) is 4.35. The van der Waals surface area contributed by atoms with E-state index in [9.17, 15) is 4.79 Å². The molecule has 0 fully saturated rings.